The van der Waals surface area contributed by atoms with E-state index in [9.17, 15) is 14.7 Å². The van der Waals surface area contributed by atoms with Crippen LogP contribution in [0.25, 0.3) is 0 Å². The molecule has 21 heavy (non-hydrogen) atoms. The fraction of sp³-hybridized carbons (Fsp3) is 0.882. The Morgan fingerprint density at radius 2 is 1.52 bits per heavy atom. The van der Waals surface area contributed by atoms with Crippen molar-refractivity contribution in [1.29, 1.82) is 0 Å². The summed E-state index contributed by atoms with van der Waals surface area (Å²) < 4.78 is 0. The van der Waals surface area contributed by atoms with Crippen LogP contribution in [-0.2, 0) is 9.59 Å². The third-order valence-corrected chi connectivity index (χ3v) is 6.08. The van der Waals surface area contributed by atoms with Gasteiger partial charge in [-0.3, -0.25) is 9.59 Å². The zero-order chi connectivity index (χ0) is 14.9. The van der Waals surface area contributed by atoms with Gasteiger partial charge in [0.05, 0.1) is 5.41 Å². The highest BCUT2D eigenvalue weighted by Crippen LogP contribution is 2.41. The van der Waals surface area contributed by atoms with Gasteiger partial charge in [-0.15, -0.1) is 0 Å². The van der Waals surface area contributed by atoms with Crippen molar-refractivity contribution in [3.8, 4) is 0 Å². The maximum absolute atomic E-state index is 12.6. The van der Waals surface area contributed by atoms with E-state index < -0.39 is 11.4 Å². The highest BCUT2D eigenvalue weighted by atomic mass is 16.4. The molecule has 0 aromatic heterocycles. The lowest BCUT2D eigenvalue weighted by Crippen LogP contribution is -2.39. The standard InChI is InChI=1S/C17H27NO3/c19-15(18-11-13-6-5-7-14(13)12-18)10-17(16(20)21)8-3-1-2-4-9-17/h13-14H,1-12H2,(H,20,21). The van der Waals surface area contributed by atoms with Crippen LogP contribution in [0.4, 0.5) is 0 Å². The minimum atomic E-state index is -0.786. The maximum atomic E-state index is 12.6. The van der Waals surface area contributed by atoms with Crippen LogP contribution in [0.3, 0.4) is 0 Å². The van der Waals surface area contributed by atoms with E-state index in [4.69, 9.17) is 0 Å². The molecule has 1 saturated heterocycles. The van der Waals surface area contributed by atoms with Crippen LogP contribution in [0, 0.1) is 17.3 Å². The van der Waals surface area contributed by atoms with Gasteiger partial charge in [-0.25, -0.2) is 0 Å². The van der Waals surface area contributed by atoms with E-state index in [1.807, 2.05) is 4.90 Å². The Morgan fingerprint density at radius 3 is 2.05 bits per heavy atom. The van der Waals surface area contributed by atoms with Crippen molar-refractivity contribution in [2.45, 2.75) is 64.2 Å². The molecule has 2 unspecified atom stereocenters. The van der Waals surface area contributed by atoms with Crippen molar-refractivity contribution in [3.05, 3.63) is 0 Å². The molecular weight excluding hydrogens is 266 g/mol. The van der Waals surface area contributed by atoms with Crippen molar-refractivity contribution in [3.63, 3.8) is 0 Å². The Morgan fingerprint density at radius 1 is 0.952 bits per heavy atom. The van der Waals surface area contributed by atoms with Crippen molar-refractivity contribution in [1.82, 2.24) is 4.90 Å². The smallest absolute Gasteiger partial charge is 0.310 e. The number of carbonyl (C=O) groups is 2. The topological polar surface area (TPSA) is 57.6 Å². The second-order valence-electron chi connectivity index (χ2n) is 7.43. The fourth-order valence-electron chi connectivity index (χ4n) is 4.71. The Kier molecular flexibility index (Phi) is 4.23. The van der Waals surface area contributed by atoms with Crippen molar-refractivity contribution < 1.29 is 14.7 Å². The lowest BCUT2D eigenvalue weighted by Gasteiger charge is -2.29. The first-order valence-electron chi connectivity index (χ1n) is 8.62. The molecule has 0 bridgehead atoms. The van der Waals surface area contributed by atoms with E-state index in [2.05, 4.69) is 0 Å². The summed E-state index contributed by atoms with van der Waals surface area (Å²) in [6.45, 7) is 1.75. The number of rotatable bonds is 3. The number of nitrogens with zero attached hydrogens (tertiary/aromatic N) is 1. The molecule has 2 aliphatic carbocycles. The highest BCUT2D eigenvalue weighted by molar-refractivity contribution is 5.85. The number of carboxylic acids is 1. The van der Waals surface area contributed by atoms with Crippen LogP contribution < -0.4 is 0 Å². The van der Waals surface area contributed by atoms with Gasteiger partial charge in [0.25, 0.3) is 0 Å². The first-order valence-corrected chi connectivity index (χ1v) is 8.62. The molecular formula is C17H27NO3. The lowest BCUT2D eigenvalue weighted by atomic mass is 9.77. The molecule has 4 heteroatoms. The monoisotopic (exact) mass is 293 g/mol. The summed E-state index contributed by atoms with van der Waals surface area (Å²) in [6.07, 6.45) is 9.49. The van der Waals surface area contributed by atoms with Crippen LogP contribution in [0.2, 0.25) is 0 Å². The number of aliphatic carboxylic acids is 1. The average Bonchev–Trinajstić information content (AvgIpc) is 2.95. The van der Waals surface area contributed by atoms with E-state index in [1.54, 1.807) is 0 Å². The summed E-state index contributed by atoms with van der Waals surface area (Å²) in [5, 5.41) is 9.70. The highest BCUT2D eigenvalue weighted by Gasteiger charge is 2.44. The second-order valence-corrected chi connectivity index (χ2v) is 7.43. The summed E-state index contributed by atoms with van der Waals surface area (Å²) in [6, 6.07) is 0. The zero-order valence-electron chi connectivity index (χ0n) is 12.9. The van der Waals surface area contributed by atoms with E-state index in [1.165, 1.54) is 19.3 Å². The number of carboxylic acid groups (broad SMARTS) is 1. The van der Waals surface area contributed by atoms with E-state index in [0.717, 1.165) is 38.8 Å². The predicted molar refractivity (Wildman–Crippen MR) is 79.8 cm³/mol. The molecule has 1 amide bonds. The Balaban J connectivity index is 1.65. The number of fused-ring (bicyclic) bond motifs is 1. The molecule has 4 nitrogen and oxygen atoms in total. The van der Waals surface area contributed by atoms with Gasteiger partial charge in [0.1, 0.15) is 0 Å². The van der Waals surface area contributed by atoms with Crippen LogP contribution in [0.15, 0.2) is 0 Å². The second kappa shape index (κ2) is 5.98. The molecule has 1 heterocycles. The molecule has 3 aliphatic rings. The summed E-state index contributed by atoms with van der Waals surface area (Å²) in [4.78, 5) is 26.4. The fourth-order valence-corrected chi connectivity index (χ4v) is 4.71. The van der Waals surface area contributed by atoms with Crippen molar-refractivity contribution in [2.24, 2.45) is 17.3 Å². The number of hydrogen-bond acceptors (Lipinski definition) is 2. The van der Waals surface area contributed by atoms with E-state index in [-0.39, 0.29) is 12.3 Å². The summed E-state index contributed by atoms with van der Waals surface area (Å²) in [7, 11) is 0. The number of hydrogen-bond donors (Lipinski definition) is 1. The van der Waals surface area contributed by atoms with Gasteiger partial charge in [-0.1, -0.05) is 32.1 Å². The molecule has 1 aliphatic heterocycles. The molecule has 118 valence electrons. The van der Waals surface area contributed by atoms with Crippen LogP contribution in [0.1, 0.15) is 64.2 Å². The minimum absolute atomic E-state index is 0.0914. The van der Waals surface area contributed by atoms with Gasteiger partial charge in [-0.2, -0.15) is 0 Å². The molecule has 3 rings (SSSR count). The summed E-state index contributed by atoms with van der Waals surface area (Å²) >= 11 is 0. The normalized spacial score (nSPS) is 31.7. The minimum Gasteiger partial charge on any atom is -0.481 e. The third kappa shape index (κ3) is 2.95. The van der Waals surface area contributed by atoms with Gasteiger partial charge < -0.3 is 10.0 Å². The number of amides is 1. The summed E-state index contributed by atoms with van der Waals surface area (Å²) in [5.74, 6) is 0.707. The van der Waals surface area contributed by atoms with Crippen LogP contribution >= 0.6 is 0 Å². The van der Waals surface area contributed by atoms with E-state index >= 15 is 0 Å². The van der Waals surface area contributed by atoms with Crippen LogP contribution in [0.5, 0.6) is 0 Å². The first-order chi connectivity index (χ1) is 10.1. The predicted octanol–water partition coefficient (Wildman–Crippen LogP) is 3.06. The molecule has 2 atom stereocenters. The van der Waals surface area contributed by atoms with Crippen LogP contribution in [-0.4, -0.2) is 35.0 Å². The van der Waals surface area contributed by atoms with Gasteiger partial charge in [0, 0.05) is 19.5 Å². The molecule has 2 saturated carbocycles. The molecule has 3 fully saturated rings. The maximum Gasteiger partial charge on any atom is 0.310 e. The Labute approximate surface area is 126 Å². The Hall–Kier alpha value is -1.06. The molecule has 0 aromatic carbocycles. The van der Waals surface area contributed by atoms with Crippen molar-refractivity contribution >= 4 is 11.9 Å². The quantitative estimate of drug-likeness (QED) is 0.814. The van der Waals surface area contributed by atoms with Gasteiger partial charge in [0.2, 0.25) is 5.91 Å². The zero-order valence-corrected chi connectivity index (χ0v) is 12.9. The molecule has 1 N–H and O–H groups in total. The molecule has 0 spiro atoms. The van der Waals surface area contributed by atoms with Crippen molar-refractivity contribution in [2.75, 3.05) is 13.1 Å². The first kappa shape index (κ1) is 14.9. The largest absolute Gasteiger partial charge is 0.481 e. The summed E-state index contributed by atoms with van der Waals surface area (Å²) in [5.41, 5.74) is -0.786. The average molecular weight is 293 g/mol. The van der Waals surface area contributed by atoms with E-state index in [0.29, 0.717) is 24.7 Å². The Bertz CT molecular complexity index is 400. The SMILES string of the molecule is O=C(CC1(C(=O)O)CCCCCC1)N1CC2CCCC2C1. The number of likely N-dealkylation sites (tertiary alicyclic amines) is 1. The van der Waals surface area contributed by atoms with Gasteiger partial charge >= 0.3 is 5.97 Å². The third-order valence-electron chi connectivity index (χ3n) is 6.08. The molecule has 0 radical (unpaired) electrons. The lowest BCUT2D eigenvalue weighted by molar-refractivity contribution is -0.154. The molecule has 0 aromatic rings. The van der Waals surface area contributed by atoms with Gasteiger partial charge in [0.15, 0.2) is 0 Å². The van der Waals surface area contributed by atoms with Gasteiger partial charge in [-0.05, 0) is 37.5 Å². The number of carbonyl (C=O) groups excluding carboxylic acids is 1.